The lowest BCUT2D eigenvalue weighted by Crippen LogP contribution is -2.01. The van der Waals surface area contributed by atoms with Gasteiger partial charge in [0.15, 0.2) is 11.3 Å². The van der Waals surface area contributed by atoms with Gasteiger partial charge in [-0.3, -0.25) is 0 Å². The lowest BCUT2D eigenvalue weighted by molar-refractivity contribution is 0.0690. The van der Waals surface area contributed by atoms with Crippen LogP contribution in [0.1, 0.15) is 10.5 Å². The monoisotopic (exact) mass is 345 g/mol. The molecule has 2 aromatic carbocycles. The molecular formula is C20H15N3O3. The van der Waals surface area contributed by atoms with E-state index in [1.165, 1.54) is 10.6 Å². The highest BCUT2D eigenvalue weighted by molar-refractivity contribution is 5.87. The number of carboxylic acids is 1. The Morgan fingerprint density at radius 2 is 1.77 bits per heavy atom. The maximum absolute atomic E-state index is 11.4. The Morgan fingerprint density at radius 1 is 1.04 bits per heavy atom. The van der Waals surface area contributed by atoms with Crippen molar-refractivity contribution in [3.05, 3.63) is 72.4 Å². The van der Waals surface area contributed by atoms with E-state index in [0.717, 1.165) is 16.8 Å². The standard InChI is InChI=1S/C20H15N3O3/c1-26-18-10-6-5-9-14(18)17-11-15(13-7-3-2-4-8-13)21-19-12-16(20(24)25)22-23(17)19/h2-12H,1H3,(H,24,25). The van der Waals surface area contributed by atoms with Gasteiger partial charge in [-0.25, -0.2) is 14.3 Å². The second-order valence-electron chi connectivity index (χ2n) is 5.70. The van der Waals surface area contributed by atoms with Crippen LogP contribution in [0.25, 0.3) is 28.2 Å². The summed E-state index contributed by atoms with van der Waals surface area (Å²) >= 11 is 0. The van der Waals surface area contributed by atoms with Gasteiger partial charge in [-0.2, -0.15) is 5.10 Å². The molecular weight excluding hydrogens is 330 g/mol. The van der Waals surface area contributed by atoms with Crippen LogP contribution in [0, 0.1) is 0 Å². The lowest BCUT2D eigenvalue weighted by Gasteiger charge is -2.11. The lowest BCUT2D eigenvalue weighted by atomic mass is 10.1. The number of rotatable bonds is 4. The minimum absolute atomic E-state index is 0.0566. The van der Waals surface area contributed by atoms with Crippen molar-refractivity contribution in [1.82, 2.24) is 14.6 Å². The number of aromatic carboxylic acids is 1. The molecule has 2 heterocycles. The summed E-state index contributed by atoms with van der Waals surface area (Å²) in [5.41, 5.74) is 3.59. The van der Waals surface area contributed by atoms with Crippen LogP contribution in [0.5, 0.6) is 5.75 Å². The number of ether oxygens (including phenoxy) is 1. The van der Waals surface area contributed by atoms with E-state index < -0.39 is 5.97 Å². The third-order valence-electron chi connectivity index (χ3n) is 4.10. The predicted octanol–water partition coefficient (Wildman–Crippen LogP) is 3.77. The number of fused-ring (bicyclic) bond motifs is 1. The van der Waals surface area contributed by atoms with Gasteiger partial charge in [0.1, 0.15) is 5.75 Å². The summed E-state index contributed by atoms with van der Waals surface area (Å²) in [6.07, 6.45) is 0. The zero-order valence-electron chi connectivity index (χ0n) is 14.0. The fourth-order valence-corrected chi connectivity index (χ4v) is 2.88. The minimum Gasteiger partial charge on any atom is -0.496 e. The van der Waals surface area contributed by atoms with Gasteiger partial charge in [0, 0.05) is 17.2 Å². The fourth-order valence-electron chi connectivity index (χ4n) is 2.88. The normalized spacial score (nSPS) is 10.8. The Morgan fingerprint density at radius 3 is 2.50 bits per heavy atom. The summed E-state index contributed by atoms with van der Waals surface area (Å²) < 4.78 is 7.01. The van der Waals surface area contributed by atoms with E-state index in [9.17, 15) is 9.90 Å². The number of para-hydroxylation sites is 1. The van der Waals surface area contributed by atoms with Gasteiger partial charge in [0.2, 0.25) is 0 Å². The summed E-state index contributed by atoms with van der Waals surface area (Å²) in [7, 11) is 1.60. The topological polar surface area (TPSA) is 76.7 Å². The molecule has 0 bridgehead atoms. The Bertz CT molecular complexity index is 1100. The molecule has 2 aromatic heterocycles. The highest BCUT2D eigenvalue weighted by Gasteiger charge is 2.17. The summed E-state index contributed by atoms with van der Waals surface area (Å²) in [4.78, 5) is 16.0. The van der Waals surface area contributed by atoms with Gasteiger partial charge < -0.3 is 9.84 Å². The molecule has 6 heteroatoms. The van der Waals surface area contributed by atoms with E-state index >= 15 is 0 Å². The summed E-state index contributed by atoms with van der Waals surface area (Å²) in [6, 6.07) is 20.6. The molecule has 1 N–H and O–H groups in total. The van der Waals surface area contributed by atoms with Crippen LogP contribution in [-0.4, -0.2) is 32.8 Å². The first-order valence-electron chi connectivity index (χ1n) is 8.00. The molecule has 0 saturated carbocycles. The Labute approximate surface area is 149 Å². The smallest absolute Gasteiger partial charge is 0.356 e. The number of nitrogens with zero attached hydrogens (tertiary/aromatic N) is 3. The maximum atomic E-state index is 11.4. The van der Waals surface area contributed by atoms with Gasteiger partial charge in [-0.05, 0) is 18.2 Å². The van der Waals surface area contributed by atoms with E-state index in [1.807, 2.05) is 60.7 Å². The molecule has 0 aliphatic carbocycles. The molecule has 0 radical (unpaired) electrons. The van der Waals surface area contributed by atoms with Gasteiger partial charge >= 0.3 is 5.97 Å². The van der Waals surface area contributed by atoms with Crippen molar-refractivity contribution in [2.24, 2.45) is 0 Å². The summed E-state index contributed by atoms with van der Waals surface area (Å²) in [6.45, 7) is 0. The van der Waals surface area contributed by atoms with Gasteiger partial charge in [-0.15, -0.1) is 0 Å². The number of carboxylic acid groups (broad SMARTS) is 1. The Kier molecular flexibility index (Phi) is 3.85. The number of methoxy groups -OCH3 is 1. The number of hydrogen-bond acceptors (Lipinski definition) is 4. The van der Waals surface area contributed by atoms with Crippen LogP contribution in [0.15, 0.2) is 66.7 Å². The van der Waals surface area contributed by atoms with Crippen molar-refractivity contribution in [2.45, 2.75) is 0 Å². The van der Waals surface area contributed by atoms with Crippen molar-refractivity contribution in [3.63, 3.8) is 0 Å². The quantitative estimate of drug-likeness (QED) is 0.609. The van der Waals surface area contributed by atoms with Gasteiger partial charge in [0.25, 0.3) is 0 Å². The molecule has 128 valence electrons. The molecule has 4 aromatic rings. The molecule has 0 saturated heterocycles. The average molecular weight is 345 g/mol. The molecule has 0 spiro atoms. The molecule has 0 aliphatic heterocycles. The van der Waals surface area contributed by atoms with Crippen LogP contribution < -0.4 is 4.74 Å². The highest BCUT2D eigenvalue weighted by atomic mass is 16.5. The number of aromatic nitrogens is 3. The third-order valence-corrected chi connectivity index (χ3v) is 4.10. The second-order valence-corrected chi connectivity index (χ2v) is 5.70. The third kappa shape index (κ3) is 2.67. The van der Waals surface area contributed by atoms with E-state index in [2.05, 4.69) is 10.1 Å². The van der Waals surface area contributed by atoms with Crippen molar-refractivity contribution >= 4 is 11.6 Å². The average Bonchev–Trinajstić information content (AvgIpc) is 3.12. The van der Waals surface area contributed by atoms with Crippen molar-refractivity contribution in [1.29, 1.82) is 0 Å². The van der Waals surface area contributed by atoms with Crippen molar-refractivity contribution in [3.8, 4) is 28.3 Å². The van der Waals surface area contributed by atoms with Gasteiger partial charge in [-0.1, -0.05) is 42.5 Å². The first-order chi connectivity index (χ1) is 12.7. The van der Waals surface area contributed by atoms with E-state index in [4.69, 9.17) is 4.74 Å². The molecule has 0 fully saturated rings. The summed E-state index contributed by atoms with van der Waals surface area (Å²) in [5, 5.41) is 13.5. The minimum atomic E-state index is -1.09. The van der Waals surface area contributed by atoms with Crippen molar-refractivity contribution < 1.29 is 14.6 Å². The Balaban J connectivity index is 2.04. The maximum Gasteiger partial charge on any atom is 0.356 e. The Hall–Kier alpha value is -3.67. The van der Waals surface area contributed by atoms with Crippen molar-refractivity contribution in [2.75, 3.05) is 7.11 Å². The molecule has 0 atom stereocenters. The van der Waals surface area contributed by atoms with E-state index in [-0.39, 0.29) is 5.69 Å². The zero-order chi connectivity index (χ0) is 18.1. The number of benzene rings is 2. The molecule has 6 nitrogen and oxygen atoms in total. The van der Waals surface area contributed by atoms with Crippen LogP contribution in [-0.2, 0) is 0 Å². The summed E-state index contributed by atoms with van der Waals surface area (Å²) in [5.74, 6) is -0.422. The number of carbonyl (C=O) groups is 1. The molecule has 4 rings (SSSR count). The predicted molar refractivity (Wildman–Crippen MR) is 97.4 cm³/mol. The molecule has 0 aliphatic rings. The van der Waals surface area contributed by atoms with E-state index in [0.29, 0.717) is 17.1 Å². The zero-order valence-corrected chi connectivity index (χ0v) is 14.0. The molecule has 26 heavy (non-hydrogen) atoms. The van der Waals surface area contributed by atoms with Gasteiger partial charge in [0.05, 0.1) is 18.5 Å². The van der Waals surface area contributed by atoms with Crippen LogP contribution in [0.4, 0.5) is 0 Å². The molecule has 0 unspecified atom stereocenters. The second kappa shape index (κ2) is 6.33. The van der Waals surface area contributed by atoms with E-state index in [1.54, 1.807) is 7.11 Å². The van der Waals surface area contributed by atoms with Crippen LogP contribution in [0.2, 0.25) is 0 Å². The largest absolute Gasteiger partial charge is 0.496 e. The van der Waals surface area contributed by atoms with Crippen LogP contribution >= 0.6 is 0 Å². The van der Waals surface area contributed by atoms with Crippen LogP contribution in [0.3, 0.4) is 0 Å². The highest BCUT2D eigenvalue weighted by Crippen LogP contribution is 2.32. The first-order valence-corrected chi connectivity index (χ1v) is 8.00. The SMILES string of the molecule is COc1ccccc1-c1cc(-c2ccccc2)nc2cc(C(=O)O)nn12. The fraction of sp³-hybridized carbons (Fsp3) is 0.0500. The number of hydrogen-bond donors (Lipinski definition) is 1. The first kappa shape index (κ1) is 15.8. The molecule has 0 amide bonds.